The maximum absolute atomic E-state index is 7.13. The van der Waals surface area contributed by atoms with E-state index < -0.39 is 0 Å². The second-order valence-electron chi connectivity index (χ2n) is 2.14. The fraction of sp³-hybridized carbons (Fsp3) is 0.125. The first-order valence-electron chi connectivity index (χ1n) is 3.22. The van der Waals surface area contributed by atoms with E-state index in [1.165, 1.54) is 4.90 Å². The van der Waals surface area contributed by atoms with Crippen LogP contribution in [-0.2, 0) is 0 Å². The van der Waals surface area contributed by atoms with Crippen LogP contribution in [0.2, 0.25) is 0 Å². The molecule has 0 radical (unpaired) electrons. The van der Waals surface area contributed by atoms with Crippen molar-refractivity contribution < 1.29 is 0 Å². The average Bonchev–Trinajstić information content (AvgIpc) is 2.05. The van der Waals surface area contributed by atoms with E-state index in [1.807, 2.05) is 30.5 Å². The van der Waals surface area contributed by atoms with E-state index in [-0.39, 0.29) is 5.84 Å². The highest BCUT2D eigenvalue weighted by atomic mass is 32.2. The molecule has 58 valence electrons. The van der Waals surface area contributed by atoms with Crippen molar-refractivity contribution in [1.82, 2.24) is 0 Å². The lowest BCUT2D eigenvalue weighted by molar-refractivity contribution is 1.39. The van der Waals surface area contributed by atoms with Gasteiger partial charge in [-0.25, -0.2) is 0 Å². The fourth-order valence-corrected chi connectivity index (χ4v) is 1.18. The summed E-state index contributed by atoms with van der Waals surface area (Å²) in [7, 11) is 0. The number of benzene rings is 1. The monoisotopic (exact) mass is 166 g/mol. The Hall–Kier alpha value is -0.960. The van der Waals surface area contributed by atoms with Gasteiger partial charge in [-0.2, -0.15) is 0 Å². The van der Waals surface area contributed by atoms with Crippen LogP contribution < -0.4 is 5.73 Å². The number of amidine groups is 1. The lowest BCUT2D eigenvalue weighted by atomic mass is 10.2. The van der Waals surface area contributed by atoms with Gasteiger partial charge in [-0.3, -0.25) is 5.41 Å². The van der Waals surface area contributed by atoms with Gasteiger partial charge in [0.05, 0.1) is 0 Å². The Kier molecular flexibility index (Phi) is 2.54. The van der Waals surface area contributed by atoms with E-state index in [1.54, 1.807) is 11.8 Å². The minimum Gasteiger partial charge on any atom is -0.384 e. The fourth-order valence-electron chi connectivity index (χ4n) is 0.771. The van der Waals surface area contributed by atoms with Gasteiger partial charge in [-0.1, -0.05) is 12.1 Å². The molecular weight excluding hydrogens is 156 g/mol. The number of hydrogen-bond donors (Lipinski definition) is 2. The molecule has 3 heteroatoms. The number of nitrogens with one attached hydrogen (secondary N) is 1. The van der Waals surface area contributed by atoms with E-state index in [9.17, 15) is 0 Å². The summed E-state index contributed by atoms with van der Waals surface area (Å²) in [6, 6.07) is 7.63. The van der Waals surface area contributed by atoms with Gasteiger partial charge in [0.2, 0.25) is 0 Å². The van der Waals surface area contributed by atoms with Crippen LogP contribution in [0, 0.1) is 5.41 Å². The van der Waals surface area contributed by atoms with Gasteiger partial charge in [-0.05, 0) is 18.4 Å². The normalized spacial score (nSPS) is 9.55. The predicted octanol–water partition coefficient (Wildman–Crippen LogP) is 1.69. The van der Waals surface area contributed by atoms with Crippen molar-refractivity contribution in [3.05, 3.63) is 29.8 Å². The maximum atomic E-state index is 7.13. The summed E-state index contributed by atoms with van der Waals surface area (Å²) in [6.45, 7) is 0. The van der Waals surface area contributed by atoms with Crippen molar-refractivity contribution in [3.8, 4) is 0 Å². The second-order valence-corrected chi connectivity index (χ2v) is 3.02. The van der Waals surface area contributed by atoms with E-state index in [2.05, 4.69) is 0 Å². The zero-order valence-corrected chi connectivity index (χ0v) is 7.11. The van der Waals surface area contributed by atoms with E-state index >= 15 is 0 Å². The van der Waals surface area contributed by atoms with Crippen molar-refractivity contribution in [2.24, 2.45) is 5.73 Å². The molecule has 0 heterocycles. The largest absolute Gasteiger partial charge is 0.384 e. The molecule has 0 bridgehead atoms. The molecule has 0 spiro atoms. The van der Waals surface area contributed by atoms with Crippen LogP contribution in [0.15, 0.2) is 29.2 Å². The zero-order chi connectivity index (χ0) is 8.27. The summed E-state index contributed by atoms with van der Waals surface area (Å²) in [6.07, 6.45) is 2.02. The number of nitrogen functional groups attached to an aromatic ring is 1. The number of rotatable bonds is 2. The summed E-state index contributed by atoms with van der Waals surface area (Å²) in [5.41, 5.74) is 6.06. The van der Waals surface area contributed by atoms with Crippen LogP contribution in [-0.4, -0.2) is 12.1 Å². The highest BCUT2D eigenvalue weighted by molar-refractivity contribution is 7.98. The highest BCUT2D eigenvalue weighted by Crippen LogP contribution is 2.14. The Bertz CT molecular complexity index is 253. The Balaban J connectivity index is 2.91. The van der Waals surface area contributed by atoms with Crippen molar-refractivity contribution in [2.75, 3.05) is 6.26 Å². The van der Waals surface area contributed by atoms with E-state index in [0.29, 0.717) is 0 Å². The SMILES string of the molecule is CSc1ccc(C(=N)N)cc1. The van der Waals surface area contributed by atoms with Gasteiger partial charge in [0.25, 0.3) is 0 Å². The number of hydrogen-bond acceptors (Lipinski definition) is 2. The predicted molar refractivity (Wildman–Crippen MR) is 49.2 cm³/mol. The quantitative estimate of drug-likeness (QED) is 0.399. The van der Waals surface area contributed by atoms with Crippen LogP contribution in [0.1, 0.15) is 5.56 Å². The van der Waals surface area contributed by atoms with Gasteiger partial charge in [0, 0.05) is 10.5 Å². The molecule has 0 aliphatic rings. The van der Waals surface area contributed by atoms with Gasteiger partial charge >= 0.3 is 0 Å². The van der Waals surface area contributed by atoms with Crippen molar-refractivity contribution in [1.29, 1.82) is 5.41 Å². The molecule has 0 fully saturated rings. The lowest BCUT2D eigenvalue weighted by Gasteiger charge is -1.98. The van der Waals surface area contributed by atoms with Crippen molar-refractivity contribution in [3.63, 3.8) is 0 Å². The van der Waals surface area contributed by atoms with Gasteiger partial charge < -0.3 is 5.73 Å². The highest BCUT2D eigenvalue weighted by Gasteiger charge is 1.94. The molecule has 0 saturated heterocycles. The van der Waals surface area contributed by atoms with Gasteiger partial charge in [0.1, 0.15) is 5.84 Å². The molecule has 3 N–H and O–H groups in total. The van der Waals surface area contributed by atoms with Gasteiger partial charge in [-0.15, -0.1) is 11.8 Å². The minimum atomic E-state index is 0.123. The summed E-state index contributed by atoms with van der Waals surface area (Å²) in [4.78, 5) is 1.19. The molecule has 0 aromatic heterocycles. The van der Waals surface area contributed by atoms with Crippen LogP contribution in [0.5, 0.6) is 0 Å². The molecule has 0 aliphatic heterocycles. The smallest absolute Gasteiger partial charge is 0.122 e. The molecule has 0 amide bonds. The number of nitrogens with two attached hydrogens (primary N) is 1. The summed E-state index contributed by atoms with van der Waals surface area (Å²) in [5, 5.41) is 7.13. The topological polar surface area (TPSA) is 49.9 Å². The van der Waals surface area contributed by atoms with Crippen molar-refractivity contribution >= 4 is 17.6 Å². The Morgan fingerprint density at radius 3 is 2.27 bits per heavy atom. The van der Waals surface area contributed by atoms with Crippen LogP contribution in [0.25, 0.3) is 0 Å². The van der Waals surface area contributed by atoms with Crippen LogP contribution in [0.4, 0.5) is 0 Å². The standard InChI is InChI=1S/C8H10N2S/c1-11-7-4-2-6(3-5-7)8(9)10/h2-5H,1H3,(H3,9,10). The minimum absolute atomic E-state index is 0.123. The number of thioether (sulfide) groups is 1. The lowest BCUT2D eigenvalue weighted by Crippen LogP contribution is -2.10. The molecule has 0 unspecified atom stereocenters. The van der Waals surface area contributed by atoms with Crippen molar-refractivity contribution in [2.45, 2.75) is 4.90 Å². The third-order valence-electron chi connectivity index (χ3n) is 1.40. The van der Waals surface area contributed by atoms with Gasteiger partial charge in [0.15, 0.2) is 0 Å². The summed E-state index contributed by atoms with van der Waals surface area (Å²) < 4.78 is 0. The molecule has 0 aliphatic carbocycles. The Morgan fingerprint density at radius 2 is 1.91 bits per heavy atom. The third-order valence-corrected chi connectivity index (χ3v) is 2.14. The van der Waals surface area contributed by atoms with E-state index in [0.717, 1.165) is 5.56 Å². The first-order valence-corrected chi connectivity index (χ1v) is 4.45. The molecular formula is C8H10N2S. The molecule has 1 aromatic carbocycles. The van der Waals surface area contributed by atoms with Crippen LogP contribution >= 0.6 is 11.8 Å². The van der Waals surface area contributed by atoms with E-state index in [4.69, 9.17) is 11.1 Å². The summed E-state index contributed by atoms with van der Waals surface area (Å²) >= 11 is 1.68. The zero-order valence-electron chi connectivity index (χ0n) is 6.29. The molecule has 1 rings (SSSR count). The molecule has 1 aromatic rings. The average molecular weight is 166 g/mol. The van der Waals surface area contributed by atoms with Crippen LogP contribution in [0.3, 0.4) is 0 Å². The Labute approximate surface area is 70.3 Å². The molecule has 0 atom stereocenters. The third kappa shape index (κ3) is 1.98. The molecule has 0 saturated carbocycles. The Morgan fingerprint density at radius 1 is 1.36 bits per heavy atom. The first-order chi connectivity index (χ1) is 5.24. The maximum Gasteiger partial charge on any atom is 0.122 e. The first kappa shape index (κ1) is 8.14. The second kappa shape index (κ2) is 3.44. The summed E-state index contributed by atoms with van der Waals surface area (Å²) in [5.74, 6) is 0.123. The molecule has 11 heavy (non-hydrogen) atoms. The molecule has 2 nitrogen and oxygen atoms in total.